The lowest BCUT2D eigenvalue weighted by Crippen LogP contribution is -2.39. The molecule has 0 aromatic heterocycles. The van der Waals surface area contributed by atoms with Crippen LogP contribution in [0.15, 0.2) is 12.1 Å². The molecule has 1 rings (SSSR count). The fourth-order valence-electron chi connectivity index (χ4n) is 1.23. The van der Waals surface area contributed by atoms with Gasteiger partial charge in [-0.05, 0) is 12.1 Å². The van der Waals surface area contributed by atoms with Gasteiger partial charge < -0.3 is 10.8 Å². The van der Waals surface area contributed by atoms with Gasteiger partial charge in [0.05, 0.1) is 6.04 Å². The predicted molar refractivity (Wildman–Crippen MR) is 57.6 cm³/mol. The molecule has 18 heavy (non-hydrogen) atoms. The number of alkyl halides is 3. The highest BCUT2D eigenvalue weighted by Gasteiger charge is 2.44. The fraction of sp³-hybridized carbons (Fsp3) is 0.333. The minimum atomic E-state index is -5.07. The third-order valence-electron chi connectivity index (χ3n) is 2.05. The first-order valence-electron chi connectivity index (χ1n) is 4.29. The van der Waals surface area contributed by atoms with Crippen molar-refractivity contribution >= 4 is 24.0 Å². The van der Waals surface area contributed by atoms with Crippen LogP contribution in [0.5, 0.6) is 0 Å². The molecule has 0 aliphatic carbocycles. The van der Waals surface area contributed by atoms with Crippen molar-refractivity contribution in [1.29, 1.82) is 0 Å². The molecular weight excluding hydrogens is 304 g/mol. The Labute approximate surface area is 110 Å². The number of benzene rings is 1. The van der Waals surface area contributed by atoms with Crippen molar-refractivity contribution in [2.75, 3.05) is 0 Å². The van der Waals surface area contributed by atoms with Gasteiger partial charge in [0.25, 0.3) is 0 Å². The molecule has 0 aliphatic heterocycles. The molecule has 1 aromatic rings. The van der Waals surface area contributed by atoms with Gasteiger partial charge in [-0.3, -0.25) is 0 Å². The summed E-state index contributed by atoms with van der Waals surface area (Å²) in [5, 5.41) is 8.49. The highest BCUT2D eigenvalue weighted by Crippen LogP contribution is 2.32. The van der Waals surface area contributed by atoms with Gasteiger partial charge in [0, 0.05) is 10.6 Å². The van der Waals surface area contributed by atoms with E-state index in [4.69, 9.17) is 22.4 Å². The summed E-state index contributed by atoms with van der Waals surface area (Å²) in [4.78, 5) is 0. The van der Waals surface area contributed by atoms with E-state index in [0.29, 0.717) is 12.1 Å². The van der Waals surface area contributed by atoms with Gasteiger partial charge in [-0.25, -0.2) is 8.78 Å². The van der Waals surface area contributed by atoms with Gasteiger partial charge in [0.2, 0.25) is 0 Å². The number of aliphatic hydroxyl groups excluding tert-OH is 1. The van der Waals surface area contributed by atoms with Crippen LogP contribution in [0.3, 0.4) is 0 Å². The Morgan fingerprint density at radius 3 is 1.89 bits per heavy atom. The molecule has 0 bridgehead atoms. The van der Waals surface area contributed by atoms with E-state index in [0.717, 1.165) is 0 Å². The second kappa shape index (κ2) is 6.01. The highest BCUT2D eigenvalue weighted by atomic mass is 35.5. The molecule has 3 N–H and O–H groups in total. The molecule has 0 fully saturated rings. The Hall–Kier alpha value is -0.630. The number of hydrogen-bond donors (Lipinski definition) is 2. The average Bonchev–Trinajstić information content (AvgIpc) is 2.13. The molecular formula is C9H8Cl2F5NO. The molecule has 0 aliphatic rings. The topological polar surface area (TPSA) is 46.2 Å². The van der Waals surface area contributed by atoms with Crippen molar-refractivity contribution in [1.82, 2.24) is 0 Å². The molecule has 2 atom stereocenters. The first-order valence-corrected chi connectivity index (χ1v) is 4.67. The van der Waals surface area contributed by atoms with E-state index < -0.39 is 35.5 Å². The lowest BCUT2D eigenvalue weighted by molar-refractivity contribution is -0.210. The second-order valence-corrected chi connectivity index (χ2v) is 3.73. The third-order valence-corrected chi connectivity index (χ3v) is 2.27. The number of nitrogens with two attached hydrogens (primary N) is 1. The summed E-state index contributed by atoms with van der Waals surface area (Å²) in [5.41, 5.74) is 3.93. The van der Waals surface area contributed by atoms with Crippen molar-refractivity contribution in [3.05, 3.63) is 34.4 Å². The third kappa shape index (κ3) is 3.68. The molecule has 0 amide bonds. The summed E-state index contributed by atoms with van der Waals surface area (Å²) in [6, 6.07) is -1.03. The molecule has 0 saturated carbocycles. The van der Waals surface area contributed by atoms with Crippen LogP contribution in [0, 0.1) is 11.6 Å². The van der Waals surface area contributed by atoms with E-state index in [1.807, 2.05) is 0 Å². The van der Waals surface area contributed by atoms with E-state index >= 15 is 0 Å². The maximum absolute atomic E-state index is 13.2. The number of aliphatic hydroxyl groups is 1. The van der Waals surface area contributed by atoms with Crippen LogP contribution in [0.4, 0.5) is 22.0 Å². The summed E-state index contributed by atoms with van der Waals surface area (Å²) >= 11 is 5.29. The quantitative estimate of drug-likeness (QED) is 0.825. The van der Waals surface area contributed by atoms with Gasteiger partial charge >= 0.3 is 6.18 Å². The van der Waals surface area contributed by atoms with Crippen molar-refractivity contribution in [3.8, 4) is 0 Å². The van der Waals surface area contributed by atoms with Crippen LogP contribution in [0.1, 0.15) is 11.6 Å². The summed E-state index contributed by atoms with van der Waals surface area (Å²) in [7, 11) is 0. The molecule has 0 saturated heterocycles. The van der Waals surface area contributed by atoms with E-state index in [-0.39, 0.29) is 17.4 Å². The Balaban J connectivity index is 0.00000289. The molecule has 0 radical (unpaired) electrons. The summed E-state index contributed by atoms with van der Waals surface area (Å²) < 4.78 is 62.8. The summed E-state index contributed by atoms with van der Waals surface area (Å²) in [5.74, 6) is -2.68. The second-order valence-electron chi connectivity index (χ2n) is 3.30. The molecule has 104 valence electrons. The van der Waals surface area contributed by atoms with Gasteiger partial charge in [-0.2, -0.15) is 13.2 Å². The Morgan fingerprint density at radius 2 is 1.56 bits per heavy atom. The number of hydrogen-bond acceptors (Lipinski definition) is 2. The van der Waals surface area contributed by atoms with E-state index in [1.54, 1.807) is 0 Å². The predicted octanol–water partition coefficient (Wildman–Crippen LogP) is 2.96. The largest absolute Gasteiger partial charge is 0.416 e. The standard InChI is InChI=1S/C9H7ClF5NO.ClH/c10-3-1-4(11)6(5(12)2-3)7(16)8(17)9(13,14)15;/h1-2,7-8,17H,16H2;1H/t7-,8-;/m0./s1. The van der Waals surface area contributed by atoms with Gasteiger partial charge in [-0.1, -0.05) is 11.6 Å². The highest BCUT2D eigenvalue weighted by molar-refractivity contribution is 6.30. The number of halogens is 7. The molecule has 9 heteroatoms. The minimum Gasteiger partial charge on any atom is -0.382 e. The summed E-state index contributed by atoms with van der Waals surface area (Å²) in [6.45, 7) is 0. The Bertz CT molecular complexity index is 403. The van der Waals surface area contributed by atoms with E-state index in [1.165, 1.54) is 0 Å². The zero-order valence-electron chi connectivity index (χ0n) is 8.51. The normalized spacial score (nSPS) is 14.9. The lowest BCUT2D eigenvalue weighted by atomic mass is 10.0. The van der Waals surface area contributed by atoms with Crippen molar-refractivity contribution in [2.45, 2.75) is 18.3 Å². The summed E-state index contributed by atoms with van der Waals surface area (Å²) in [6.07, 6.45) is -8.13. The fourth-order valence-corrected chi connectivity index (χ4v) is 1.42. The number of rotatable bonds is 2. The van der Waals surface area contributed by atoms with Gasteiger partial charge in [-0.15, -0.1) is 12.4 Å². The van der Waals surface area contributed by atoms with Crippen LogP contribution >= 0.6 is 24.0 Å². The van der Waals surface area contributed by atoms with Crippen molar-refractivity contribution in [2.24, 2.45) is 5.73 Å². The lowest BCUT2D eigenvalue weighted by Gasteiger charge is -2.22. The van der Waals surface area contributed by atoms with Crippen LogP contribution in [-0.2, 0) is 0 Å². The van der Waals surface area contributed by atoms with Crippen molar-refractivity contribution < 1.29 is 27.1 Å². The monoisotopic (exact) mass is 311 g/mol. The SMILES string of the molecule is Cl.N[C@@H](c1c(F)cc(Cl)cc1F)[C@H](O)C(F)(F)F. The van der Waals surface area contributed by atoms with Crippen LogP contribution in [-0.4, -0.2) is 17.4 Å². The Morgan fingerprint density at radius 1 is 1.17 bits per heavy atom. The first-order chi connectivity index (χ1) is 7.64. The maximum atomic E-state index is 13.2. The van der Waals surface area contributed by atoms with Crippen LogP contribution < -0.4 is 5.73 Å². The van der Waals surface area contributed by atoms with Crippen LogP contribution in [0.2, 0.25) is 5.02 Å². The van der Waals surface area contributed by atoms with Gasteiger partial charge in [0.1, 0.15) is 11.6 Å². The molecule has 1 aromatic carbocycles. The molecule has 0 heterocycles. The van der Waals surface area contributed by atoms with Crippen LogP contribution in [0.25, 0.3) is 0 Å². The molecule has 0 spiro atoms. The molecule has 2 nitrogen and oxygen atoms in total. The zero-order chi connectivity index (χ0) is 13.4. The van der Waals surface area contributed by atoms with Gasteiger partial charge in [0.15, 0.2) is 6.10 Å². The first kappa shape index (κ1) is 17.4. The smallest absolute Gasteiger partial charge is 0.382 e. The van der Waals surface area contributed by atoms with Crippen molar-refractivity contribution in [3.63, 3.8) is 0 Å². The molecule has 0 unspecified atom stereocenters. The zero-order valence-corrected chi connectivity index (χ0v) is 10.1. The van der Waals surface area contributed by atoms with E-state index in [2.05, 4.69) is 0 Å². The minimum absolute atomic E-state index is 0. The van der Waals surface area contributed by atoms with E-state index in [9.17, 15) is 22.0 Å². The average molecular weight is 312 g/mol. The maximum Gasteiger partial charge on any atom is 0.416 e. The Kier molecular flexibility index (Phi) is 5.80.